The fourth-order valence-corrected chi connectivity index (χ4v) is 1.39. The highest BCUT2D eigenvalue weighted by Crippen LogP contribution is 2.19. The van der Waals surface area contributed by atoms with Crippen LogP contribution in [0.15, 0.2) is 0 Å². The van der Waals surface area contributed by atoms with Crippen LogP contribution in [0.4, 0.5) is 0 Å². The maximum Gasteiger partial charge on any atom is 0.303 e. The van der Waals surface area contributed by atoms with Gasteiger partial charge in [-0.05, 0) is 25.7 Å². The summed E-state index contributed by atoms with van der Waals surface area (Å²) in [6.45, 7) is 9.68. The van der Waals surface area contributed by atoms with E-state index in [1.807, 2.05) is 34.6 Å². The molecule has 0 aromatic rings. The number of carboxylic acids is 1. The highest BCUT2D eigenvalue weighted by molar-refractivity contribution is 5.77. The summed E-state index contributed by atoms with van der Waals surface area (Å²) in [5.74, 6) is -0.860. The van der Waals surface area contributed by atoms with Gasteiger partial charge < -0.3 is 10.4 Å². The van der Waals surface area contributed by atoms with Gasteiger partial charge in [-0.3, -0.25) is 9.59 Å². The van der Waals surface area contributed by atoms with Gasteiger partial charge in [0.15, 0.2) is 0 Å². The lowest BCUT2D eigenvalue weighted by atomic mass is 9.90. The molecule has 0 spiro atoms. The summed E-state index contributed by atoms with van der Waals surface area (Å²) in [5.41, 5.74) is -0.506. The fourth-order valence-electron chi connectivity index (χ4n) is 1.39. The molecule has 4 heteroatoms. The van der Waals surface area contributed by atoms with Crippen molar-refractivity contribution in [3.8, 4) is 0 Å². The first kappa shape index (κ1) is 14.9. The molecule has 0 bridgehead atoms. The summed E-state index contributed by atoms with van der Waals surface area (Å²) < 4.78 is 0. The molecule has 0 aliphatic rings. The molecule has 94 valence electrons. The Morgan fingerprint density at radius 2 is 1.62 bits per heavy atom. The quantitative estimate of drug-likeness (QED) is 0.759. The molecule has 1 amide bonds. The van der Waals surface area contributed by atoms with Crippen molar-refractivity contribution in [2.45, 2.75) is 59.4 Å². The number of nitrogens with one attached hydrogen (secondary N) is 1. The summed E-state index contributed by atoms with van der Waals surface area (Å²) in [4.78, 5) is 22.1. The molecule has 0 atom stereocenters. The molecule has 0 heterocycles. The van der Waals surface area contributed by atoms with Gasteiger partial charge in [-0.1, -0.05) is 20.8 Å². The molecule has 0 saturated heterocycles. The second kappa shape index (κ2) is 5.32. The van der Waals surface area contributed by atoms with Crippen molar-refractivity contribution in [3.05, 3.63) is 0 Å². The van der Waals surface area contributed by atoms with E-state index in [0.717, 1.165) is 0 Å². The van der Waals surface area contributed by atoms with Crippen LogP contribution in [0, 0.1) is 5.41 Å². The van der Waals surface area contributed by atoms with Crippen LogP contribution in [-0.4, -0.2) is 22.5 Å². The molecule has 0 radical (unpaired) electrons. The number of carbonyl (C=O) groups is 2. The van der Waals surface area contributed by atoms with Crippen molar-refractivity contribution < 1.29 is 14.7 Å². The summed E-state index contributed by atoms with van der Waals surface area (Å²) in [5, 5.41) is 11.5. The molecule has 0 aromatic heterocycles. The van der Waals surface area contributed by atoms with Crippen molar-refractivity contribution in [1.29, 1.82) is 0 Å². The van der Waals surface area contributed by atoms with Gasteiger partial charge in [0.1, 0.15) is 0 Å². The van der Waals surface area contributed by atoms with Crippen LogP contribution in [0.5, 0.6) is 0 Å². The number of carbonyl (C=O) groups excluding carboxylic acids is 1. The van der Waals surface area contributed by atoms with Crippen molar-refractivity contribution in [2.24, 2.45) is 5.41 Å². The topological polar surface area (TPSA) is 66.4 Å². The van der Waals surface area contributed by atoms with Gasteiger partial charge in [0.25, 0.3) is 0 Å². The highest BCUT2D eigenvalue weighted by atomic mass is 16.4. The largest absolute Gasteiger partial charge is 0.481 e. The molecule has 0 aromatic carbocycles. The third-order valence-electron chi connectivity index (χ3n) is 2.13. The Hall–Kier alpha value is -1.06. The molecule has 0 fully saturated rings. The third kappa shape index (κ3) is 8.26. The van der Waals surface area contributed by atoms with Crippen molar-refractivity contribution >= 4 is 11.9 Å². The van der Waals surface area contributed by atoms with Crippen LogP contribution in [0.2, 0.25) is 0 Å². The zero-order valence-electron chi connectivity index (χ0n) is 10.9. The van der Waals surface area contributed by atoms with Crippen LogP contribution in [0.1, 0.15) is 53.9 Å². The normalized spacial score (nSPS) is 12.3. The third-order valence-corrected chi connectivity index (χ3v) is 2.13. The van der Waals surface area contributed by atoms with E-state index in [2.05, 4.69) is 5.32 Å². The van der Waals surface area contributed by atoms with E-state index in [4.69, 9.17) is 5.11 Å². The molecule has 2 N–H and O–H groups in total. The van der Waals surface area contributed by atoms with Crippen LogP contribution in [-0.2, 0) is 9.59 Å². The fraction of sp³-hybridized carbons (Fsp3) is 0.833. The molecule has 0 aliphatic heterocycles. The Morgan fingerprint density at radius 1 is 1.12 bits per heavy atom. The molecule has 16 heavy (non-hydrogen) atoms. The Kier molecular flexibility index (Phi) is 4.97. The maximum absolute atomic E-state index is 11.7. The lowest BCUT2D eigenvalue weighted by Crippen LogP contribution is -2.44. The number of carboxylic acid groups (broad SMARTS) is 1. The predicted molar refractivity (Wildman–Crippen MR) is 63.2 cm³/mol. The minimum absolute atomic E-state index is 0.0251. The Balaban J connectivity index is 4.15. The Labute approximate surface area is 97.4 Å². The minimum Gasteiger partial charge on any atom is -0.481 e. The van der Waals surface area contributed by atoms with E-state index in [1.165, 1.54) is 0 Å². The number of hydrogen-bond acceptors (Lipinski definition) is 2. The van der Waals surface area contributed by atoms with Gasteiger partial charge in [0.2, 0.25) is 5.91 Å². The Bertz CT molecular complexity index is 264. The van der Waals surface area contributed by atoms with Gasteiger partial charge in [-0.15, -0.1) is 0 Å². The van der Waals surface area contributed by atoms with Gasteiger partial charge in [-0.2, -0.15) is 0 Å². The Morgan fingerprint density at radius 3 is 2.00 bits per heavy atom. The van der Waals surface area contributed by atoms with Gasteiger partial charge in [0, 0.05) is 18.4 Å². The van der Waals surface area contributed by atoms with Gasteiger partial charge in [-0.25, -0.2) is 0 Å². The van der Waals surface area contributed by atoms with Crippen LogP contribution in [0.3, 0.4) is 0 Å². The first-order valence-corrected chi connectivity index (χ1v) is 5.55. The van der Waals surface area contributed by atoms with Crippen molar-refractivity contribution in [2.75, 3.05) is 0 Å². The molecule has 0 aliphatic carbocycles. The monoisotopic (exact) mass is 229 g/mol. The first-order chi connectivity index (χ1) is 7.02. The van der Waals surface area contributed by atoms with Crippen LogP contribution in [0.25, 0.3) is 0 Å². The number of hydrogen-bond donors (Lipinski definition) is 2. The standard InChI is InChI=1S/C12H23NO3/c1-11(2,3)8-9(14)13-12(4,5)7-6-10(15)16/h6-8H2,1-5H3,(H,13,14)(H,15,16). The highest BCUT2D eigenvalue weighted by Gasteiger charge is 2.24. The minimum atomic E-state index is -0.835. The van der Waals surface area contributed by atoms with E-state index in [1.54, 1.807) is 0 Å². The number of amides is 1. The summed E-state index contributed by atoms with van der Waals surface area (Å²) >= 11 is 0. The van der Waals surface area contributed by atoms with E-state index < -0.39 is 11.5 Å². The summed E-state index contributed by atoms with van der Waals surface area (Å²) in [7, 11) is 0. The SMILES string of the molecule is CC(C)(C)CC(=O)NC(C)(C)CCC(=O)O. The van der Waals surface area contributed by atoms with Crippen LogP contribution >= 0.6 is 0 Å². The lowest BCUT2D eigenvalue weighted by molar-refractivity contribution is -0.138. The molecule has 4 nitrogen and oxygen atoms in total. The zero-order chi connectivity index (χ0) is 13.0. The first-order valence-electron chi connectivity index (χ1n) is 5.55. The summed E-state index contributed by atoms with van der Waals surface area (Å²) in [6, 6.07) is 0. The predicted octanol–water partition coefficient (Wildman–Crippen LogP) is 2.18. The molecule has 0 rings (SSSR count). The zero-order valence-corrected chi connectivity index (χ0v) is 10.9. The average Bonchev–Trinajstić information content (AvgIpc) is 1.95. The van der Waals surface area contributed by atoms with E-state index in [9.17, 15) is 9.59 Å². The second-order valence-electron chi connectivity index (χ2n) is 6.06. The molecule has 0 unspecified atom stereocenters. The van der Waals surface area contributed by atoms with Crippen molar-refractivity contribution in [1.82, 2.24) is 5.32 Å². The molecular weight excluding hydrogens is 206 g/mol. The number of aliphatic carboxylic acids is 1. The second-order valence-corrected chi connectivity index (χ2v) is 6.06. The average molecular weight is 229 g/mol. The molecular formula is C12H23NO3. The summed E-state index contributed by atoms with van der Waals surface area (Å²) in [6.07, 6.45) is 0.963. The van der Waals surface area contributed by atoms with Crippen molar-refractivity contribution in [3.63, 3.8) is 0 Å². The smallest absolute Gasteiger partial charge is 0.303 e. The van der Waals surface area contributed by atoms with Gasteiger partial charge in [0.05, 0.1) is 0 Å². The lowest BCUT2D eigenvalue weighted by Gasteiger charge is -2.27. The van der Waals surface area contributed by atoms with E-state index in [-0.39, 0.29) is 17.7 Å². The van der Waals surface area contributed by atoms with Gasteiger partial charge >= 0.3 is 5.97 Å². The van der Waals surface area contributed by atoms with E-state index >= 15 is 0 Å². The molecule has 0 saturated carbocycles. The maximum atomic E-state index is 11.7. The van der Waals surface area contributed by atoms with Crippen LogP contribution < -0.4 is 5.32 Å². The van der Waals surface area contributed by atoms with E-state index in [0.29, 0.717) is 12.8 Å². The number of rotatable bonds is 5.